The summed E-state index contributed by atoms with van der Waals surface area (Å²) in [5.41, 5.74) is 2.48. The van der Waals surface area contributed by atoms with E-state index in [0.29, 0.717) is 30.0 Å². The van der Waals surface area contributed by atoms with Crippen LogP contribution in [0.3, 0.4) is 0 Å². The van der Waals surface area contributed by atoms with Crippen molar-refractivity contribution in [1.29, 1.82) is 0 Å². The molecule has 0 aliphatic rings. The third-order valence-electron chi connectivity index (χ3n) is 4.56. The number of H-pyrrole nitrogens is 1. The van der Waals surface area contributed by atoms with E-state index in [1.807, 2.05) is 6.07 Å². The summed E-state index contributed by atoms with van der Waals surface area (Å²) in [4.78, 5) is 15.6. The van der Waals surface area contributed by atoms with Crippen LogP contribution in [0.25, 0.3) is 16.7 Å². The van der Waals surface area contributed by atoms with Crippen LogP contribution in [-0.2, 0) is 16.7 Å². The van der Waals surface area contributed by atoms with Crippen molar-refractivity contribution in [3.8, 4) is 5.69 Å². The monoisotopic (exact) mass is 386 g/mol. The minimum Gasteiger partial charge on any atom is -0.385 e. The summed E-state index contributed by atoms with van der Waals surface area (Å²) < 4.78 is 20.0. The van der Waals surface area contributed by atoms with E-state index >= 15 is 0 Å². The second-order valence-electron chi connectivity index (χ2n) is 7.90. The Balaban J connectivity index is 2.04. The number of rotatable bonds is 7. The van der Waals surface area contributed by atoms with Gasteiger partial charge in [-0.15, -0.1) is 0 Å². The van der Waals surface area contributed by atoms with E-state index in [4.69, 9.17) is 9.84 Å². The van der Waals surface area contributed by atoms with Crippen LogP contribution in [0.4, 0.5) is 4.39 Å². The third-order valence-corrected chi connectivity index (χ3v) is 4.56. The highest BCUT2D eigenvalue weighted by molar-refractivity contribution is 5.81. The fraction of sp³-hybridized carbons (Fsp3) is 0.429. The fourth-order valence-electron chi connectivity index (χ4n) is 3.13. The van der Waals surface area contributed by atoms with E-state index in [1.54, 1.807) is 23.9 Å². The van der Waals surface area contributed by atoms with Crippen LogP contribution in [0.15, 0.2) is 35.1 Å². The van der Waals surface area contributed by atoms with Gasteiger partial charge < -0.3 is 15.0 Å². The van der Waals surface area contributed by atoms with Crippen LogP contribution in [0.1, 0.15) is 38.4 Å². The first-order valence-electron chi connectivity index (χ1n) is 9.42. The first kappa shape index (κ1) is 20.2. The molecule has 0 aliphatic carbocycles. The Bertz CT molecular complexity index is 1000. The zero-order valence-corrected chi connectivity index (χ0v) is 16.8. The van der Waals surface area contributed by atoms with E-state index in [0.717, 1.165) is 24.0 Å². The molecule has 2 N–H and O–H groups in total. The van der Waals surface area contributed by atoms with Gasteiger partial charge in [-0.25, -0.2) is 9.07 Å². The molecular formula is C21H27FN4O2. The molecule has 0 aliphatic heterocycles. The van der Waals surface area contributed by atoms with Gasteiger partial charge in [0.25, 0.3) is 5.56 Å². The summed E-state index contributed by atoms with van der Waals surface area (Å²) >= 11 is 0. The Morgan fingerprint density at radius 1 is 1.25 bits per heavy atom. The summed E-state index contributed by atoms with van der Waals surface area (Å²) in [6.07, 6.45) is 0.881. The highest BCUT2D eigenvalue weighted by Gasteiger charge is 2.24. The summed E-state index contributed by atoms with van der Waals surface area (Å²) in [5.74, 6) is -0.313. The molecule has 0 bridgehead atoms. The van der Waals surface area contributed by atoms with E-state index in [-0.39, 0.29) is 16.8 Å². The number of hydrogen-bond acceptors (Lipinski definition) is 4. The first-order chi connectivity index (χ1) is 13.3. The molecule has 150 valence electrons. The van der Waals surface area contributed by atoms with Crippen molar-refractivity contribution in [2.45, 2.75) is 39.2 Å². The number of halogens is 1. The number of pyridine rings is 1. The van der Waals surface area contributed by atoms with E-state index in [1.165, 1.54) is 12.1 Å². The molecule has 0 spiro atoms. The smallest absolute Gasteiger partial charge is 0.254 e. The van der Waals surface area contributed by atoms with Gasteiger partial charge in [-0.05, 0) is 43.3 Å². The van der Waals surface area contributed by atoms with Crippen LogP contribution in [-0.4, -0.2) is 35.0 Å². The van der Waals surface area contributed by atoms with Gasteiger partial charge in [0.2, 0.25) is 0 Å². The number of ether oxygens (including phenoxy) is 1. The van der Waals surface area contributed by atoms with Gasteiger partial charge in [-0.1, -0.05) is 20.8 Å². The number of methoxy groups -OCH3 is 1. The Morgan fingerprint density at radius 3 is 2.61 bits per heavy atom. The maximum atomic E-state index is 13.3. The average molecular weight is 386 g/mol. The lowest BCUT2D eigenvalue weighted by atomic mass is 9.90. The number of fused-ring (bicyclic) bond motifs is 1. The Morgan fingerprint density at radius 2 is 1.96 bits per heavy atom. The molecule has 3 rings (SSSR count). The summed E-state index contributed by atoms with van der Waals surface area (Å²) in [7, 11) is 1.67. The van der Waals surface area contributed by atoms with Crippen molar-refractivity contribution in [3.05, 3.63) is 57.8 Å². The van der Waals surface area contributed by atoms with E-state index < -0.39 is 0 Å². The Kier molecular flexibility index (Phi) is 5.96. The Hall–Kier alpha value is -2.51. The molecule has 0 saturated carbocycles. The molecule has 28 heavy (non-hydrogen) atoms. The average Bonchev–Trinajstić information content (AvgIpc) is 3.01. The summed E-state index contributed by atoms with van der Waals surface area (Å²) in [6.45, 7) is 8.17. The molecule has 3 aromatic rings. The predicted octanol–water partition coefficient (Wildman–Crippen LogP) is 3.28. The van der Waals surface area contributed by atoms with Gasteiger partial charge >= 0.3 is 0 Å². The van der Waals surface area contributed by atoms with Gasteiger partial charge in [0.1, 0.15) is 11.5 Å². The first-order valence-corrected chi connectivity index (χ1v) is 9.42. The van der Waals surface area contributed by atoms with E-state index in [2.05, 4.69) is 31.1 Å². The van der Waals surface area contributed by atoms with Crippen molar-refractivity contribution in [1.82, 2.24) is 20.1 Å². The van der Waals surface area contributed by atoms with Gasteiger partial charge in [-0.3, -0.25) is 4.79 Å². The third kappa shape index (κ3) is 4.31. The Labute approximate surface area is 163 Å². The van der Waals surface area contributed by atoms with Gasteiger partial charge in [-0.2, -0.15) is 5.10 Å². The molecule has 0 amide bonds. The normalized spacial score (nSPS) is 12.0. The van der Waals surface area contributed by atoms with Crippen molar-refractivity contribution in [2.75, 3.05) is 20.3 Å². The van der Waals surface area contributed by atoms with Crippen LogP contribution in [0.5, 0.6) is 0 Å². The van der Waals surface area contributed by atoms with Gasteiger partial charge in [0.05, 0.1) is 11.4 Å². The quantitative estimate of drug-likeness (QED) is 0.612. The maximum Gasteiger partial charge on any atom is 0.254 e. The molecule has 1 aromatic carbocycles. The van der Waals surface area contributed by atoms with Crippen molar-refractivity contribution in [2.24, 2.45) is 0 Å². The summed E-state index contributed by atoms with van der Waals surface area (Å²) in [6, 6.07) is 7.98. The zero-order valence-electron chi connectivity index (χ0n) is 16.8. The molecule has 2 aromatic heterocycles. The number of nitrogens with zero attached hydrogens (tertiary/aromatic N) is 2. The molecule has 7 heteroatoms. The van der Waals surface area contributed by atoms with Crippen molar-refractivity contribution < 1.29 is 9.13 Å². The van der Waals surface area contributed by atoms with Crippen LogP contribution >= 0.6 is 0 Å². The molecule has 0 saturated heterocycles. The standard InChI is InChI=1S/C21H27FN4O2/c1-21(2,3)18-17-12-14(13-23-10-5-11-28-4)20(27)24-19(17)26(25-18)16-8-6-15(22)7-9-16/h6-9,12,23H,5,10-11,13H2,1-4H3,(H,24,27). The minimum absolute atomic E-state index is 0.157. The number of hydrogen-bond donors (Lipinski definition) is 2. The molecule has 0 fully saturated rings. The fourth-order valence-corrected chi connectivity index (χ4v) is 3.13. The molecule has 0 radical (unpaired) electrons. The highest BCUT2D eigenvalue weighted by atomic mass is 19.1. The zero-order chi connectivity index (χ0) is 20.3. The second-order valence-corrected chi connectivity index (χ2v) is 7.90. The lowest BCUT2D eigenvalue weighted by Crippen LogP contribution is -2.23. The topological polar surface area (TPSA) is 71.9 Å². The van der Waals surface area contributed by atoms with Gasteiger partial charge in [0, 0.05) is 36.6 Å². The highest BCUT2D eigenvalue weighted by Crippen LogP contribution is 2.29. The maximum absolute atomic E-state index is 13.3. The minimum atomic E-state index is -0.313. The lowest BCUT2D eigenvalue weighted by molar-refractivity contribution is 0.194. The number of aromatic amines is 1. The lowest BCUT2D eigenvalue weighted by Gasteiger charge is -2.15. The van der Waals surface area contributed by atoms with Crippen LogP contribution in [0.2, 0.25) is 0 Å². The summed E-state index contributed by atoms with van der Waals surface area (Å²) in [5, 5.41) is 8.92. The SMILES string of the molecule is COCCCNCc1cc2c(C(C)(C)C)nn(-c3ccc(F)cc3)c2[nH]c1=O. The molecule has 0 atom stereocenters. The van der Waals surface area contributed by atoms with Crippen LogP contribution < -0.4 is 10.9 Å². The van der Waals surface area contributed by atoms with Crippen molar-refractivity contribution >= 4 is 11.0 Å². The molecule has 6 nitrogen and oxygen atoms in total. The largest absolute Gasteiger partial charge is 0.385 e. The van der Waals surface area contributed by atoms with Gasteiger partial charge in [0.15, 0.2) is 0 Å². The number of aromatic nitrogens is 3. The molecular weight excluding hydrogens is 359 g/mol. The predicted molar refractivity (Wildman–Crippen MR) is 109 cm³/mol. The van der Waals surface area contributed by atoms with E-state index in [9.17, 15) is 9.18 Å². The number of benzene rings is 1. The van der Waals surface area contributed by atoms with Crippen LogP contribution in [0, 0.1) is 5.82 Å². The molecule has 2 heterocycles. The second kappa shape index (κ2) is 8.24. The number of nitrogens with one attached hydrogen (secondary N) is 2. The van der Waals surface area contributed by atoms with Crippen molar-refractivity contribution in [3.63, 3.8) is 0 Å². The molecule has 0 unspecified atom stereocenters.